The van der Waals surface area contributed by atoms with Gasteiger partial charge in [-0.05, 0) is 36.0 Å². The largest absolute Gasteiger partial charge is 0.389 e. The summed E-state index contributed by atoms with van der Waals surface area (Å²) in [6.07, 6.45) is 3.43. The van der Waals surface area contributed by atoms with Gasteiger partial charge in [0.15, 0.2) is 0 Å². The van der Waals surface area contributed by atoms with Crippen LogP contribution in [0.15, 0.2) is 24.5 Å². The number of rotatable bonds is 2. The van der Waals surface area contributed by atoms with Crippen LogP contribution in [0, 0.1) is 5.41 Å². The Labute approximate surface area is 126 Å². The van der Waals surface area contributed by atoms with E-state index in [1.54, 1.807) is 6.33 Å². The van der Waals surface area contributed by atoms with E-state index in [1.807, 2.05) is 0 Å². The highest BCUT2D eigenvalue weighted by atomic mass is 16.3. The number of nitrogens with one attached hydrogen (secondary N) is 1. The van der Waals surface area contributed by atoms with Gasteiger partial charge in [-0.25, -0.2) is 4.98 Å². The predicted octanol–water partition coefficient (Wildman–Crippen LogP) is 2.94. The number of hydrogen-bond donors (Lipinski definition) is 2. The molecule has 1 aromatic heterocycles. The van der Waals surface area contributed by atoms with Gasteiger partial charge in [0.2, 0.25) is 0 Å². The van der Waals surface area contributed by atoms with Crippen LogP contribution < -0.4 is 0 Å². The lowest BCUT2D eigenvalue weighted by Gasteiger charge is -2.46. The second-order valence-electron chi connectivity index (χ2n) is 7.31. The van der Waals surface area contributed by atoms with Gasteiger partial charge in [-0.3, -0.25) is 4.90 Å². The van der Waals surface area contributed by atoms with Crippen LogP contribution in [0.5, 0.6) is 0 Å². The van der Waals surface area contributed by atoms with E-state index >= 15 is 0 Å². The number of piperidine rings is 1. The molecule has 0 radical (unpaired) electrons. The number of aromatic amines is 1. The first-order valence-electron chi connectivity index (χ1n) is 7.74. The molecular formula is C17H25N3O. The van der Waals surface area contributed by atoms with Crippen LogP contribution in [0.4, 0.5) is 0 Å². The van der Waals surface area contributed by atoms with E-state index in [0.29, 0.717) is 0 Å². The predicted molar refractivity (Wildman–Crippen MR) is 85.0 cm³/mol. The van der Waals surface area contributed by atoms with Gasteiger partial charge >= 0.3 is 0 Å². The average molecular weight is 287 g/mol. The van der Waals surface area contributed by atoms with Crippen molar-refractivity contribution in [2.45, 2.75) is 45.8 Å². The van der Waals surface area contributed by atoms with E-state index in [9.17, 15) is 5.11 Å². The topological polar surface area (TPSA) is 52.1 Å². The highest BCUT2D eigenvalue weighted by Gasteiger charge is 2.42. The van der Waals surface area contributed by atoms with Crippen molar-refractivity contribution in [2.24, 2.45) is 5.41 Å². The second-order valence-corrected chi connectivity index (χ2v) is 7.31. The first kappa shape index (κ1) is 14.5. The number of imidazole rings is 1. The molecule has 0 spiro atoms. The van der Waals surface area contributed by atoms with E-state index in [4.69, 9.17) is 0 Å². The number of hydrogen-bond acceptors (Lipinski definition) is 3. The van der Waals surface area contributed by atoms with Crippen LogP contribution >= 0.6 is 0 Å². The van der Waals surface area contributed by atoms with Gasteiger partial charge in [0, 0.05) is 19.6 Å². The first-order chi connectivity index (χ1) is 9.87. The van der Waals surface area contributed by atoms with Gasteiger partial charge in [-0.1, -0.05) is 26.8 Å². The van der Waals surface area contributed by atoms with Crippen LogP contribution in [0.25, 0.3) is 11.0 Å². The molecule has 0 bridgehead atoms. The number of aliphatic hydroxyl groups is 1. The van der Waals surface area contributed by atoms with Crippen molar-refractivity contribution < 1.29 is 5.11 Å². The molecule has 1 fully saturated rings. The Balaban J connectivity index is 1.65. The third-order valence-electron chi connectivity index (χ3n) is 4.97. The molecule has 2 heterocycles. The Kier molecular flexibility index (Phi) is 3.54. The van der Waals surface area contributed by atoms with Crippen LogP contribution in [0.3, 0.4) is 0 Å². The third kappa shape index (κ3) is 2.83. The van der Waals surface area contributed by atoms with E-state index in [1.165, 1.54) is 5.56 Å². The number of aromatic nitrogens is 2. The highest BCUT2D eigenvalue weighted by Crippen LogP contribution is 2.38. The fourth-order valence-corrected chi connectivity index (χ4v) is 3.17. The molecule has 1 aliphatic rings. The summed E-state index contributed by atoms with van der Waals surface area (Å²) >= 11 is 0. The molecule has 2 N–H and O–H groups in total. The van der Waals surface area contributed by atoms with E-state index < -0.39 is 5.60 Å². The maximum atomic E-state index is 10.8. The summed E-state index contributed by atoms with van der Waals surface area (Å²) in [5, 5.41) is 10.8. The van der Waals surface area contributed by atoms with Crippen LogP contribution in [0.1, 0.15) is 39.2 Å². The quantitative estimate of drug-likeness (QED) is 0.893. The van der Waals surface area contributed by atoms with Crippen molar-refractivity contribution in [3.05, 3.63) is 30.1 Å². The molecule has 1 aromatic carbocycles. The van der Waals surface area contributed by atoms with Gasteiger partial charge in [0.25, 0.3) is 0 Å². The van der Waals surface area contributed by atoms with Crippen molar-refractivity contribution in [1.82, 2.24) is 14.9 Å². The maximum Gasteiger partial charge on any atom is 0.0931 e. The summed E-state index contributed by atoms with van der Waals surface area (Å²) in [4.78, 5) is 9.84. The molecule has 21 heavy (non-hydrogen) atoms. The molecule has 1 saturated heterocycles. The van der Waals surface area contributed by atoms with Crippen LogP contribution in [0.2, 0.25) is 0 Å². The molecule has 4 nitrogen and oxygen atoms in total. The second kappa shape index (κ2) is 5.11. The Morgan fingerprint density at radius 2 is 2.00 bits per heavy atom. The SMILES string of the molecule is CC(C)(C)C1(O)CCN(Cc2ccc3nc[nH]c3c2)CC1. The van der Waals surface area contributed by atoms with Gasteiger partial charge in [0.1, 0.15) is 0 Å². The summed E-state index contributed by atoms with van der Waals surface area (Å²) in [6.45, 7) is 9.25. The smallest absolute Gasteiger partial charge is 0.0931 e. The van der Waals surface area contributed by atoms with Gasteiger partial charge in [-0.15, -0.1) is 0 Å². The minimum Gasteiger partial charge on any atom is -0.389 e. The van der Waals surface area contributed by atoms with Crippen molar-refractivity contribution >= 4 is 11.0 Å². The van der Waals surface area contributed by atoms with E-state index in [0.717, 1.165) is 43.5 Å². The third-order valence-corrected chi connectivity index (χ3v) is 4.97. The Morgan fingerprint density at radius 1 is 1.29 bits per heavy atom. The monoisotopic (exact) mass is 287 g/mol. The molecule has 0 aliphatic carbocycles. The zero-order chi connectivity index (χ0) is 15.1. The number of H-pyrrole nitrogens is 1. The van der Waals surface area contributed by atoms with Gasteiger partial charge < -0.3 is 10.1 Å². The van der Waals surface area contributed by atoms with E-state index in [2.05, 4.69) is 53.8 Å². The van der Waals surface area contributed by atoms with Crippen LogP contribution in [-0.4, -0.2) is 38.7 Å². The zero-order valence-corrected chi connectivity index (χ0v) is 13.2. The minimum atomic E-state index is -0.531. The number of fused-ring (bicyclic) bond motifs is 1. The highest BCUT2D eigenvalue weighted by molar-refractivity contribution is 5.74. The summed E-state index contributed by atoms with van der Waals surface area (Å²) in [5.41, 5.74) is 2.83. The van der Waals surface area contributed by atoms with Crippen molar-refractivity contribution in [3.8, 4) is 0 Å². The number of likely N-dealkylation sites (tertiary alicyclic amines) is 1. The summed E-state index contributed by atoms with van der Waals surface area (Å²) in [6, 6.07) is 6.39. The van der Waals surface area contributed by atoms with Crippen molar-refractivity contribution in [1.29, 1.82) is 0 Å². The normalized spacial score (nSPS) is 20.0. The molecule has 0 amide bonds. The van der Waals surface area contributed by atoms with Crippen molar-refractivity contribution in [3.63, 3.8) is 0 Å². The van der Waals surface area contributed by atoms with Crippen molar-refractivity contribution in [2.75, 3.05) is 13.1 Å². The lowest BCUT2D eigenvalue weighted by molar-refractivity contribution is -0.0999. The maximum absolute atomic E-state index is 10.8. The lowest BCUT2D eigenvalue weighted by Crippen LogP contribution is -2.51. The molecule has 2 aromatic rings. The van der Waals surface area contributed by atoms with Crippen LogP contribution in [-0.2, 0) is 6.54 Å². The molecule has 0 saturated carbocycles. The summed E-state index contributed by atoms with van der Waals surface area (Å²) in [7, 11) is 0. The fraction of sp³-hybridized carbons (Fsp3) is 0.588. The number of nitrogens with zero attached hydrogens (tertiary/aromatic N) is 2. The standard InChI is InChI=1S/C17H25N3O/c1-16(2,3)17(21)6-8-20(9-7-17)11-13-4-5-14-15(10-13)19-12-18-14/h4-5,10,12,21H,6-9,11H2,1-3H3,(H,18,19). The first-order valence-corrected chi connectivity index (χ1v) is 7.74. The molecule has 1 aliphatic heterocycles. The van der Waals surface area contributed by atoms with E-state index in [-0.39, 0.29) is 5.41 Å². The molecule has 114 valence electrons. The molecule has 0 unspecified atom stereocenters. The summed E-state index contributed by atoms with van der Waals surface area (Å²) in [5.74, 6) is 0. The zero-order valence-electron chi connectivity index (χ0n) is 13.2. The molecular weight excluding hydrogens is 262 g/mol. The Morgan fingerprint density at radius 3 is 2.67 bits per heavy atom. The molecule has 3 rings (SSSR count). The Bertz CT molecular complexity index is 618. The minimum absolute atomic E-state index is 0.0477. The summed E-state index contributed by atoms with van der Waals surface area (Å²) < 4.78 is 0. The molecule has 4 heteroatoms. The Hall–Kier alpha value is -1.39. The average Bonchev–Trinajstić information content (AvgIpc) is 2.88. The lowest BCUT2D eigenvalue weighted by atomic mass is 9.71. The number of benzene rings is 1. The van der Waals surface area contributed by atoms with Gasteiger partial charge in [0.05, 0.1) is 23.0 Å². The van der Waals surface area contributed by atoms with Gasteiger partial charge in [-0.2, -0.15) is 0 Å². The fourth-order valence-electron chi connectivity index (χ4n) is 3.17. The molecule has 0 atom stereocenters.